The van der Waals surface area contributed by atoms with Crippen LogP contribution in [0.4, 0.5) is 0 Å². The number of hydrogen-bond donors (Lipinski definition) is 2. The molecule has 1 unspecified atom stereocenters. The average molecular weight is 242 g/mol. The summed E-state index contributed by atoms with van der Waals surface area (Å²) in [6, 6.07) is 7.98. The molecule has 16 heavy (non-hydrogen) atoms. The average Bonchev–Trinajstić information content (AvgIpc) is 2.27. The predicted molar refractivity (Wildman–Crippen MR) is 68.8 cm³/mol. The van der Waals surface area contributed by atoms with Crippen molar-refractivity contribution in [1.29, 1.82) is 0 Å². The molecule has 0 spiro atoms. The van der Waals surface area contributed by atoms with Crippen molar-refractivity contribution in [3.63, 3.8) is 0 Å². The van der Waals surface area contributed by atoms with E-state index in [-0.39, 0.29) is 12.1 Å². The summed E-state index contributed by atoms with van der Waals surface area (Å²) in [4.78, 5) is 0. The fraction of sp³-hybridized carbons (Fsp3) is 0.538. The Morgan fingerprint density at radius 1 is 1.31 bits per heavy atom. The minimum atomic E-state index is -0.362. The molecule has 2 N–H and O–H groups in total. The lowest BCUT2D eigenvalue weighted by Gasteiger charge is -2.34. The molecular weight excluding hydrogens is 222 g/mol. The number of nitrogens with one attached hydrogen (secondary N) is 1. The fourth-order valence-corrected chi connectivity index (χ4v) is 2.09. The molecule has 1 aromatic carbocycles. The fourth-order valence-electron chi connectivity index (χ4n) is 1.96. The topological polar surface area (TPSA) is 32.3 Å². The molecule has 0 aliphatic heterocycles. The van der Waals surface area contributed by atoms with Crippen LogP contribution in [0.15, 0.2) is 24.3 Å². The molecule has 0 saturated heterocycles. The van der Waals surface area contributed by atoms with Crippen LogP contribution in [0.1, 0.15) is 32.8 Å². The molecule has 2 nitrogen and oxygen atoms in total. The monoisotopic (exact) mass is 241 g/mol. The van der Waals surface area contributed by atoms with Crippen LogP contribution in [0, 0.1) is 0 Å². The van der Waals surface area contributed by atoms with E-state index < -0.39 is 0 Å². The maximum atomic E-state index is 9.65. The zero-order valence-electron chi connectivity index (χ0n) is 10.1. The molecule has 0 aliphatic rings. The molecule has 3 heteroatoms. The van der Waals surface area contributed by atoms with Crippen LogP contribution in [0.5, 0.6) is 0 Å². The van der Waals surface area contributed by atoms with Crippen molar-refractivity contribution in [1.82, 2.24) is 5.32 Å². The van der Waals surface area contributed by atoms with E-state index in [1.54, 1.807) is 0 Å². The Balaban J connectivity index is 3.04. The smallest absolute Gasteiger partial charge is 0.0668 e. The Hall–Kier alpha value is -0.570. The van der Waals surface area contributed by atoms with Gasteiger partial charge in [0.05, 0.1) is 12.1 Å². The molecule has 0 amide bonds. The highest BCUT2D eigenvalue weighted by Crippen LogP contribution is 2.26. The number of aliphatic hydroxyl groups is 1. The Kier molecular flexibility index (Phi) is 4.78. The summed E-state index contributed by atoms with van der Waals surface area (Å²) in [6.07, 6.45) is 0.837. The van der Waals surface area contributed by atoms with Crippen LogP contribution in [0.3, 0.4) is 0 Å². The molecular formula is C13H20ClNO. The molecule has 0 fully saturated rings. The molecule has 0 heterocycles. The quantitative estimate of drug-likeness (QED) is 0.831. The number of halogens is 1. The molecule has 90 valence electrons. The maximum absolute atomic E-state index is 9.65. The standard InChI is InChI=1S/C13H20ClNO/c1-4-13(9-16,15-10(2)3)11-5-7-12(14)8-6-11/h5-8,10,15-16H,4,9H2,1-3H3. The van der Waals surface area contributed by atoms with Crippen molar-refractivity contribution < 1.29 is 5.11 Å². The zero-order chi connectivity index (χ0) is 12.2. The van der Waals surface area contributed by atoms with Crippen molar-refractivity contribution in [2.45, 2.75) is 38.8 Å². The Morgan fingerprint density at radius 3 is 2.25 bits per heavy atom. The van der Waals surface area contributed by atoms with Crippen molar-refractivity contribution in [3.8, 4) is 0 Å². The van der Waals surface area contributed by atoms with Gasteiger partial charge in [-0.1, -0.05) is 30.7 Å². The van der Waals surface area contributed by atoms with E-state index in [9.17, 15) is 5.11 Å². The third-order valence-corrected chi connectivity index (χ3v) is 3.09. The Labute approximate surface area is 103 Å². The van der Waals surface area contributed by atoms with Gasteiger partial charge in [-0.3, -0.25) is 0 Å². The maximum Gasteiger partial charge on any atom is 0.0668 e. The van der Waals surface area contributed by atoms with E-state index in [2.05, 4.69) is 26.1 Å². The lowest BCUT2D eigenvalue weighted by Crippen LogP contribution is -2.48. The lowest BCUT2D eigenvalue weighted by atomic mass is 9.87. The van der Waals surface area contributed by atoms with Gasteiger partial charge < -0.3 is 10.4 Å². The molecule has 0 bridgehead atoms. The number of benzene rings is 1. The first-order valence-electron chi connectivity index (χ1n) is 5.68. The van der Waals surface area contributed by atoms with Crippen LogP contribution < -0.4 is 5.32 Å². The van der Waals surface area contributed by atoms with Gasteiger partial charge in [0.1, 0.15) is 0 Å². The van der Waals surface area contributed by atoms with Gasteiger partial charge >= 0.3 is 0 Å². The van der Waals surface area contributed by atoms with Gasteiger partial charge in [-0.2, -0.15) is 0 Å². The van der Waals surface area contributed by atoms with Crippen LogP contribution in [-0.4, -0.2) is 17.8 Å². The normalized spacial score (nSPS) is 15.1. The van der Waals surface area contributed by atoms with E-state index in [1.807, 2.05) is 24.3 Å². The van der Waals surface area contributed by atoms with Gasteiger partial charge in [0, 0.05) is 11.1 Å². The second-order valence-electron chi connectivity index (χ2n) is 4.40. The molecule has 1 aromatic rings. The molecule has 0 saturated carbocycles. The predicted octanol–water partition coefficient (Wildman–Crippen LogP) is 2.94. The van der Waals surface area contributed by atoms with Crippen LogP contribution in [-0.2, 0) is 5.54 Å². The largest absolute Gasteiger partial charge is 0.394 e. The van der Waals surface area contributed by atoms with Gasteiger partial charge in [-0.05, 0) is 38.0 Å². The molecule has 1 rings (SSSR count). The van der Waals surface area contributed by atoms with Crippen molar-refractivity contribution in [2.24, 2.45) is 0 Å². The number of hydrogen-bond acceptors (Lipinski definition) is 2. The second-order valence-corrected chi connectivity index (χ2v) is 4.84. The van der Waals surface area contributed by atoms with Crippen molar-refractivity contribution >= 4 is 11.6 Å². The minimum absolute atomic E-state index is 0.0866. The summed E-state index contributed by atoms with van der Waals surface area (Å²) in [5, 5.41) is 13.8. The van der Waals surface area contributed by atoms with Crippen molar-refractivity contribution in [3.05, 3.63) is 34.9 Å². The highest BCUT2D eigenvalue weighted by Gasteiger charge is 2.29. The molecule has 1 atom stereocenters. The van der Waals surface area contributed by atoms with E-state index >= 15 is 0 Å². The Morgan fingerprint density at radius 2 is 1.88 bits per heavy atom. The molecule has 0 aliphatic carbocycles. The highest BCUT2D eigenvalue weighted by molar-refractivity contribution is 6.30. The lowest BCUT2D eigenvalue weighted by molar-refractivity contribution is 0.146. The first-order chi connectivity index (χ1) is 7.54. The first kappa shape index (κ1) is 13.5. The third kappa shape index (κ3) is 2.97. The van der Waals surface area contributed by atoms with Crippen LogP contribution in [0.25, 0.3) is 0 Å². The van der Waals surface area contributed by atoms with Gasteiger partial charge in [0.15, 0.2) is 0 Å². The SMILES string of the molecule is CCC(CO)(NC(C)C)c1ccc(Cl)cc1. The Bertz CT molecular complexity index is 317. The summed E-state index contributed by atoms with van der Waals surface area (Å²) in [5.41, 5.74) is 0.717. The summed E-state index contributed by atoms with van der Waals surface area (Å²) in [7, 11) is 0. The minimum Gasteiger partial charge on any atom is -0.394 e. The highest BCUT2D eigenvalue weighted by atomic mass is 35.5. The molecule has 0 aromatic heterocycles. The van der Waals surface area contributed by atoms with E-state index in [0.29, 0.717) is 6.04 Å². The summed E-state index contributed by atoms with van der Waals surface area (Å²) in [6.45, 7) is 6.31. The van der Waals surface area contributed by atoms with Crippen LogP contribution in [0.2, 0.25) is 5.02 Å². The molecule has 0 radical (unpaired) electrons. The second kappa shape index (κ2) is 5.67. The zero-order valence-corrected chi connectivity index (χ0v) is 10.9. The third-order valence-electron chi connectivity index (χ3n) is 2.84. The summed E-state index contributed by atoms with van der Waals surface area (Å²) in [5.74, 6) is 0. The van der Waals surface area contributed by atoms with E-state index in [1.165, 1.54) is 0 Å². The summed E-state index contributed by atoms with van der Waals surface area (Å²) < 4.78 is 0. The van der Waals surface area contributed by atoms with Gasteiger partial charge in [0.25, 0.3) is 0 Å². The van der Waals surface area contributed by atoms with Gasteiger partial charge in [-0.25, -0.2) is 0 Å². The van der Waals surface area contributed by atoms with E-state index in [0.717, 1.165) is 17.0 Å². The van der Waals surface area contributed by atoms with Gasteiger partial charge in [-0.15, -0.1) is 0 Å². The van der Waals surface area contributed by atoms with Crippen LogP contribution >= 0.6 is 11.6 Å². The number of rotatable bonds is 5. The summed E-state index contributed by atoms with van der Waals surface area (Å²) >= 11 is 5.87. The van der Waals surface area contributed by atoms with Crippen molar-refractivity contribution in [2.75, 3.05) is 6.61 Å². The van der Waals surface area contributed by atoms with E-state index in [4.69, 9.17) is 11.6 Å². The number of aliphatic hydroxyl groups excluding tert-OH is 1. The first-order valence-corrected chi connectivity index (χ1v) is 6.06. The van der Waals surface area contributed by atoms with Gasteiger partial charge in [0.2, 0.25) is 0 Å².